The Morgan fingerprint density at radius 3 is 2.61 bits per heavy atom. The average molecular weight is 390 g/mol. The lowest BCUT2D eigenvalue weighted by atomic mass is 9.63. The lowest BCUT2D eigenvalue weighted by Crippen LogP contribution is -2.63. The number of ether oxygens (including phenoxy) is 1. The van der Waals surface area contributed by atoms with Gasteiger partial charge in [-0.3, -0.25) is 4.79 Å². The van der Waals surface area contributed by atoms with Gasteiger partial charge in [0, 0.05) is 7.05 Å². The molecule has 3 fully saturated rings. The minimum absolute atomic E-state index is 0.0224. The van der Waals surface area contributed by atoms with Gasteiger partial charge in [-0.1, -0.05) is 33.1 Å². The van der Waals surface area contributed by atoms with Crippen molar-refractivity contribution in [1.29, 1.82) is 0 Å². The molecule has 1 amide bonds. The molecule has 3 unspecified atom stereocenters. The number of amides is 1. The summed E-state index contributed by atoms with van der Waals surface area (Å²) >= 11 is 0. The van der Waals surface area contributed by atoms with Gasteiger partial charge in [0.2, 0.25) is 5.88 Å². The summed E-state index contributed by atoms with van der Waals surface area (Å²) in [5.74, 6) is 1.82. The van der Waals surface area contributed by atoms with Crippen LogP contribution in [0.15, 0.2) is 6.20 Å². The third kappa shape index (κ3) is 3.04. The number of aliphatic hydroxyl groups excluding tert-OH is 1. The van der Waals surface area contributed by atoms with Crippen molar-refractivity contribution >= 4 is 5.91 Å². The van der Waals surface area contributed by atoms with E-state index >= 15 is 0 Å². The van der Waals surface area contributed by atoms with Crippen molar-refractivity contribution in [3.8, 4) is 5.88 Å². The lowest BCUT2D eigenvalue weighted by molar-refractivity contribution is 0.00319. The smallest absolute Gasteiger partial charge is 0.258 e. The maximum Gasteiger partial charge on any atom is 0.258 e. The van der Waals surface area contributed by atoms with Crippen LogP contribution in [0.1, 0.15) is 75.6 Å². The third-order valence-electron chi connectivity index (χ3n) is 8.20. The van der Waals surface area contributed by atoms with Gasteiger partial charge < -0.3 is 15.2 Å². The zero-order valence-electron chi connectivity index (χ0n) is 17.5. The van der Waals surface area contributed by atoms with E-state index in [9.17, 15) is 9.90 Å². The van der Waals surface area contributed by atoms with Crippen LogP contribution in [0.2, 0.25) is 0 Å². The largest absolute Gasteiger partial charge is 0.477 e. The van der Waals surface area contributed by atoms with Crippen LogP contribution in [0.25, 0.3) is 0 Å². The Balaban J connectivity index is 1.51. The number of nitrogens with zero attached hydrogens (tertiary/aromatic N) is 2. The highest BCUT2D eigenvalue weighted by molar-refractivity contribution is 5.97. The van der Waals surface area contributed by atoms with E-state index in [2.05, 4.69) is 24.3 Å². The van der Waals surface area contributed by atoms with Gasteiger partial charge in [-0.2, -0.15) is 5.10 Å². The summed E-state index contributed by atoms with van der Waals surface area (Å²) in [4.78, 5) is 13.3. The Hall–Kier alpha value is -1.56. The topological polar surface area (TPSA) is 76.4 Å². The molecule has 1 aromatic rings. The van der Waals surface area contributed by atoms with Gasteiger partial charge in [0.25, 0.3) is 5.91 Å². The van der Waals surface area contributed by atoms with Crippen molar-refractivity contribution in [2.24, 2.45) is 30.2 Å². The second-order valence-electron chi connectivity index (χ2n) is 9.81. The van der Waals surface area contributed by atoms with Gasteiger partial charge in [-0.05, 0) is 55.3 Å². The molecule has 4 rings (SSSR count). The van der Waals surface area contributed by atoms with Crippen LogP contribution in [0.4, 0.5) is 0 Å². The molecule has 0 aromatic carbocycles. The monoisotopic (exact) mass is 389 g/mol. The highest BCUT2D eigenvalue weighted by atomic mass is 16.5. The van der Waals surface area contributed by atoms with Crippen molar-refractivity contribution in [2.45, 2.75) is 70.8 Å². The van der Waals surface area contributed by atoms with Crippen molar-refractivity contribution in [2.75, 3.05) is 13.2 Å². The van der Waals surface area contributed by atoms with Crippen LogP contribution in [0, 0.1) is 23.2 Å². The molecule has 6 heteroatoms. The zero-order chi connectivity index (χ0) is 19.9. The zero-order valence-corrected chi connectivity index (χ0v) is 17.5. The number of aliphatic hydroxyl groups is 1. The highest BCUT2D eigenvalue weighted by Crippen LogP contribution is 2.61. The predicted octanol–water partition coefficient (Wildman–Crippen LogP) is 3.30. The number of rotatable bonds is 6. The quantitative estimate of drug-likeness (QED) is 0.783. The predicted molar refractivity (Wildman–Crippen MR) is 107 cm³/mol. The molecule has 3 aliphatic carbocycles. The van der Waals surface area contributed by atoms with E-state index in [0.717, 1.165) is 12.8 Å². The first-order valence-corrected chi connectivity index (χ1v) is 11.0. The maximum atomic E-state index is 13.3. The Morgan fingerprint density at radius 2 is 1.96 bits per heavy atom. The second-order valence-corrected chi connectivity index (χ2v) is 9.81. The first kappa shape index (κ1) is 19.7. The van der Waals surface area contributed by atoms with Crippen molar-refractivity contribution in [3.63, 3.8) is 0 Å². The van der Waals surface area contributed by atoms with Crippen LogP contribution in [-0.4, -0.2) is 39.5 Å². The number of fused-ring (bicyclic) bond motifs is 2. The van der Waals surface area contributed by atoms with E-state index in [0.29, 0.717) is 35.8 Å². The molecule has 3 saturated carbocycles. The number of hydrogen-bond donors (Lipinski definition) is 2. The van der Waals surface area contributed by atoms with Gasteiger partial charge in [0.15, 0.2) is 0 Å². The molecule has 0 saturated heterocycles. The van der Waals surface area contributed by atoms with E-state index < -0.39 is 5.54 Å². The number of aryl methyl sites for hydroxylation is 1. The molecule has 28 heavy (non-hydrogen) atoms. The number of nitrogens with one attached hydrogen (secondary N) is 1. The van der Waals surface area contributed by atoms with Crippen LogP contribution in [0.3, 0.4) is 0 Å². The van der Waals surface area contributed by atoms with Gasteiger partial charge in [-0.15, -0.1) is 0 Å². The standard InChI is InChI=1S/C22H35N3O3/c1-21(2)16-9-10-17(11-16)22(21,14-26)24-19(27)18-12-23-25(3)20(18)28-13-15-7-5-4-6-8-15/h12,15-17,26H,4-11,13-14H2,1-3H3,(H,24,27). The number of carbonyl (C=O) groups excluding carboxylic acids is 1. The average Bonchev–Trinajstić information content (AvgIpc) is 3.36. The van der Waals surface area contributed by atoms with Gasteiger partial charge in [0.05, 0.1) is 24.9 Å². The molecule has 2 bridgehead atoms. The number of aromatic nitrogens is 2. The van der Waals surface area contributed by atoms with E-state index in [1.807, 2.05) is 7.05 Å². The molecule has 156 valence electrons. The minimum atomic E-state index is -0.566. The first-order chi connectivity index (χ1) is 13.4. The highest BCUT2D eigenvalue weighted by Gasteiger charge is 2.63. The van der Waals surface area contributed by atoms with E-state index in [-0.39, 0.29) is 17.9 Å². The fraction of sp³-hybridized carbons (Fsp3) is 0.818. The van der Waals surface area contributed by atoms with Crippen molar-refractivity contribution in [1.82, 2.24) is 15.1 Å². The summed E-state index contributed by atoms with van der Waals surface area (Å²) < 4.78 is 7.74. The third-order valence-corrected chi connectivity index (χ3v) is 8.20. The summed E-state index contributed by atoms with van der Waals surface area (Å²) in [6.45, 7) is 5.00. The molecule has 0 spiro atoms. The molecule has 3 atom stereocenters. The number of carbonyl (C=O) groups is 1. The van der Waals surface area contributed by atoms with Crippen LogP contribution in [0.5, 0.6) is 5.88 Å². The first-order valence-electron chi connectivity index (χ1n) is 11.0. The summed E-state index contributed by atoms with van der Waals surface area (Å²) in [7, 11) is 1.82. The van der Waals surface area contributed by atoms with E-state index in [1.54, 1.807) is 10.9 Å². The van der Waals surface area contributed by atoms with Gasteiger partial charge in [-0.25, -0.2) is 4.68 Å². The van der Waals surface area contributed by atoms with Crippen molar-refractivity contribution in [3.05, 3.63) is 11.8 Å². The Labute approximate surface area is 168 Å². The van der Waals surface area contributed by atoms with Gasteiger partial charge in [0.1, 0.15) is 5.56 Å². The molecule has 1 aromatic heterocycles. The lowest BCUT2D eigenvalue weighted by Gasteiger charge is -2.49. The summed E-state index contributed by atoms with van der Waals surface area (Å²) in [5, 5.41) is 17.9. The molecular weight excluding hydrogens is 354 g/mol. The van der Waals surface area contributed by atoms with Crippen LogP contribution in [-0.2, 0) is 7.05 Å². The molecule has 1 heterocycles. The van der Waals surface area contributed by atoms with Crippen LogP contribution >= 0.6 is 0 Å². The molecule has 3 aliphatic rings. The van der Waals surface area contributed by atoms with Crippen molar-refractivity contribution < 1.29 is 14.6 Å². The SMILES string of the molecule is Cn1ncc(C(=O)NC2(CO)C3CCC(C3)C2(C)C)c1OCC1CCCCC1. The molecular formula is C22H35N3O3. The normalized spacial score (nSPS) is 31.9. The Morgan fingerprint density at radius 1 is 1.25 bits per heavy atom. The Kier molecular flexibility index (Phi) is 5.19. The second kappa shape index (κ2) is 7.36. The summed E-state index contributed by atoms with van der Waals surface area (Å²) in [6, 6.07) is 0. The molecule has 2 N–H and O–H groups in total. The summed E-state index contributed by atoms with van der Waals surface area (Å²) in [6.07, 6.45) is 11.2. The van der Waals surface area contributed by atoms with E-state index in [1.165, 1.54) is 38.5 Å². The number of hydrogen-bond acceptors (Lipinski definition) is 4. The molecule has 0 radical (unpaired) electrons. The summed E-state index contributed by atoms with van der Waals surface area (Å²) in [5.41, 5.74) is -0.209. The fourth-order valence-electron chi connectivity index (χ4n) is 6.18. The van der Waals surface area contributed by atoms with E-state index in [4.69, 9.17) is 4.74 Å². The van der Waals surface area contributed by atoms with Crippen LogP contribution < -0.4 is 10.1 Å². The molecule has 0 aliphatic heterocycles. The maximum absolute atomic E-state index is 13.3. The molecule has 6 nitrogen and oxygen atoms in total. The fourth-order valence-corrected chi connectivity index (χ4v) is 6.18. The minimum Gasteiger partial charge on any atom is -0.477 e. The van der Waals surface area contributed by atoms with Gasteiger partial charge >= 0.3 is 0 Å². The Bertz CT molecular complexity index is 723.